The molecule has 0 amide bonds. The van der Waals surface area contributed by atoms with Crippen molar-refractivity contribution in [2.45, 2.75) is 31.2 Å². The fraction of sp³-hybridized carbons (Fsp3) is 0.174. The molecule has 7 heteroatoms. The molecule has 0 saturated heterocycles. The van der Waals surface area contributed by atoms with E-state index in [1.165, 1.54) is 24.3 Å². The summed E-state index contributed by atoms with van der Waals surface area (Å²) < 4.78 is 56.8. The molecule has 0 spiro atoms. The Kier molecular flexibility index (Phi) is 6.78. The molecular weight excluding hydrogens is 428 g/mol. The number of halogens is 3. The lowest BCUT2D eigenvalue weighted by Gasteiger charge is -2.32. The molecule has 0 bridgehead atoms. The predicted octanol–water partition coefficient (Wildman–Crippen LogP) is 6.34. The topological polar surface area (TPSA) is 37.4 Å². The first kappa shape index (κ1) is 22.2. The van der Waals surface area contributed by atoms with Crippen LogP contribution in [-0.4, -0.2) is 8.42 Å². The lowest BCUT2D eigenvalue weighted by atomic mass is 9.98. The average Bonchev–Trinajstić information content (AvgIpc) is 2.71. The van der Waals surface area contributed by atoms with Crippen molar-refractivity contribution >= 4 is 27.3 Å². The summed E-state index contributed by atoms with van der Waals surface area (Å²) in [6.45, 7) is 3.56. The Morgan fingerprint density at radius 3 is 2.37 bits per heavy atom. The van der Waals surface area contributed by atoms with Crippen molar-refractivity contribution < 1.29 is 17.2 Å². The minimum absolute atomic E-state index is 0.0676. The molecule has 0 aliphatic carbocycles. The van der Waals surface area contributed by atoms with Gasteiger partial charge in [-0.05, 0) is 67.3 Å². The maximum Gasteiger partial charge on any atom is 0.264 e. The van der Waals surface area contributed by atoms with Gasteiger partial charge in [-0.25, -0.2) is 17.2 Å². The van der Waals surface area contributed by atoms with Crippen molar-refractivity contribution in [2.24, 2.45) is 0 Å². The van der Waals surface area contributed by atoms with Crippen LogP contribution in [0.5, 0.6) is 0 Å². The van der Waals surface area contributed by atoms with Gasteiger partial charge in [0.15, 0.2) is 0 Å². The standard InChI is InChI=1S/C23H21ClF2NO2S/c1-3-6-17-7-4-5-8-21(17)16(2)27(23-15-19(25)11-14-22(23)26)30(28,29)20-12-9-18(24)10-13-20/h3-5,7-16H,6H2,1-2H3/t16-/m1/s1. The molecule has 3 rings (SSSR count). The molecule has 3 aromatic rings. The van der Waals surface area contributed by atoms with E-state index >= 15 is 0 Å². The molecule has 0 heterocycles. The average molecular weight is 449 g/mol. The van der Waals surface area contributed by atoms with Crippen LogP contribution in [0.1, 0.15) is 31.0 Å². The zero-order valence-electron chi connectivity index (χ0n) is 16.5. The van der Waals surface area contributed by atoms with Gasteiger partial charge in [0.2, 0.25) is 0 Å². The Labute approximate surface area is 181 Å². The third-order valence-corrected chi connectivity index (χ3v) is 6.95. The zero-order chi connectivity index (χ0) is 21.9. The molecule has 3 nitrogen and oxygen atoms in total. The van der Waals surface area contributed by atoms with Crippen LogP contribution in [0, 0.1) is 18.1 Å². The van der Waals surface area contributed by atoms with Gasteiger partial charge in [-0.15, -0.1) is 0 Å². The molecule has 157 valence electrons. The van der Waals surface area contributed by atoms with E-state index in [1.807, 2.05) is 25.5 Å². The number of anilines is 1. The smallest absolute Gasteiger partial charge is 0.256 e. The summed E-state index contributed by atoms with van der Waals surface area (Å²) >= 11 is 5.90. The highest BCUT2D eigenvalue weighted by Crippen LogP contribution is 2.36. The maximum atomic E-state index is 14.8. The molecule has 0 aliphatic heterocycles. The second-order valence-electron chi connectivity index (χ2n) is 6.84. The first-order valence-electron chi connectivity index (χ1n) is 9.36. The normalized spacial score (nSPS) is 12.6. The summed E-state index contributed by atoms with van der Waals surface area (Å²) in [5, 5.41) is 0.370. The largest absolute Gasteiger partial charge is 0.264 e. The second-order valence-corrected chi connectivity index (χ2v) is 9.09. The quantitative estimate of drug-likeness (QED) is 0.422. The molecule has 0 unspecified atom stereocenters. The number of benzene rings is 3. The Morgan fingerprint density at radius 2 is 1.70 bits per heavy atom. The summed E-state index contributed by atoms with van der Waals surface area (Å²) in [4.78, 5) is -0.0676. The van der Waals surface area contributed by atoms with E-state index in [9.17, 15) is 17.2 Å². The van der Waals surface area contributed by atoms with Crippen molar-refractivity contribution in [1.82, 2.24) is 0 Å². The van der Waals surface area contributed by atoms with E-state index < -0.39 is 27.7 Å². The van der Waals surface area contributed by atoms with Crippen LogP contribution in [0.25, 0.3) is 0 Å². The van der Waals surface area contributed by atoms with Crippen LogP contribution in [0.3, 0.4) is 0 Å². The molecule has 0 fully saturated rings. The van der Waals surface area contributed by atoms with E-state index in [4.69, 9.17) is 11.6 Å². The minimum Gasteiger partial charge on any atom is -0.256 e. The van der Waals surface area contributed by atoms with Crippen molar-refractivity contribution in [3.8, 4) is 0 Å². The molecular formula is C23H21ClF2NO2S. The molecule has 0 aliphatic rings. The van der Waals surface area contributed by atoms with Gasteiger partial charge in [0.1, 0.15) is 11.6 Å². The minimum atomic E-state index is -4.23. The first-order chi connectivity index (χ1) is 14.3. The number of nitrogens with zero attached hydrogens (tertiary/aromatic N) is 1. The molecule has 0 N–H and O–H groups in total. The Morgan fingerprint density at radius 1 is 1.03 bits per heavy atom. The van der Waals surface area contributed by atoms with Crippen LogP contribution in [0.4, 0.5) is 14.5 Å². The molecule has 1 atom stereocenters. The van der Waals surface area contributed by atoms with Gasteiger partial charge in [0.25, 0.3) is 10.0 Å². The van der Waals surface area contributed by atoms with E-state index in [-0.39, 0.29) is 10.6 Å². The SMILES string of the molecule is C[CH]Cc1ccccc1[C@@H](C)N(c1cc(F)ccc1F)S(=O)(=O)c1ccc(Cl)cc1. The fourth-order valence-electron chi connectivity index (χ4n) is 3.39. The van der Waals surface area contributed by atoms with Crippen molar-refractivity contribution in [3.05, 3.63) is 101 Å². The predicted molar refractivity (Wildman–Crippen MR) is 116 cm³/mol. The molecule has 1 radical (unpaired) electrons. The Balaban J connectivity index is 2.23. The van der Waals surface area contributed by atoms with Crippen LogP contribution in [0.15, 0.2) is 71.6 Å². The van der Waals surface area contributed by atoms with Gasteiger partial charge >= 0.3 is 0 Å². The van der Waals surface area contributed by atoms with Gasteiger partial charge in [-0.3, -0.25) is 4.31 Å². The summed E-state index contributed by atoms with van der Waals surface area (Å²) in [7, 11) is -4.23. The lowest BCUT2D eigenvalue weighted by Crippen LogP contribution is -2.35. The fourth-order valence-corrected chi connectivity index (χ4v) is 5.16. The summed E-state index contributed by atoms with van der Waals surface area (Å²) in [6, 6.07) is 14.9. The molecule has 3 aromatic carbocycles. The van der Waals surface area contributed by atoms with E-state index in [2.05, 4.69) is 0 Å². The van der Waals surface area contributed by atoms with E-state index in [0.29, 0.717) is 17.0 Å². The number of sulfonamides is 1. The van der Waals surface area contributed by atoms with Crippen molar-refractivity contribution in [1.29, 1.82) is 0 Å². The monoisotopic (exact) mass is 448 g/mol. The van der Waals surface area contributed by atoms with Crippen LogP contribution in [-0.2, 0) is 16.4 Å². The lowest BCUT2D eigenvalue weighted by molar-refractivity contribution is 0.570. The third kappa shape index (κ3) is 4.50. The highest BCUT2D eigenvalue weighted by molar-refractivity contribution is 7.92. The summed E-state index contributed by atoms with van der Waals surface area (Å²) in [6.07, 6.45) is 2.56. The van der Waals surface area contributed by atoms with Crippen molar-refractivity contribution in [2.75, 3.05) is 4.31 Å². The van der Waals surface area contributed by atoms with Crippen LogP contribution < -0.4 is 4.31 Å². The van der Waals surface area contributed by atoms with Gasteiger partial charge in [0, 0.05) is 11.1 Å². The highest BCUT2D eigenvalue weighted by atomic mass is 35.5. The molecule has 30 heavy (non-hydrogen) atoms. The number of hydrogen-bond donors (Lipinski definition) is 0. The van der Waals surface area contributed by atoms with Gasteiger partial charge in [-0.2, -0.15) is 0 Å². The van der Waals surface area contributed by atoms with Gasteiger partial charge in [0.05, 0.1) is 16.6 Å². The van der Waals surface area contributed by atoms with E-state index in [1.54, 1.807) is 19.1 Å². The summed E-state index contributed by atoms with van der Waals surface area (Å²) in [5.74, 6) is -1.56. The first-order valence-corrected chi connectivity index (χ1v) is 11.2. The second kappa shape index (κ2) is 9.14. The van der Waals surface area contributed by atoms with Gasteiger partial charge in [-0.1, -0.05) is 42.8 Å². The molecule has 0 saturated carbocycles. The van der Waals surface area contributed by atoms with Crippen LogP contribution >= 0.6 is 11.6 Å². The Hall–Kier alpha value is -2.44. The highest BCUT2D eigenvalue weighted by Gasteiger charge is 2.33. The van der Waals surface area contributed by atoms with Crippen LogP contribution in [0.2, 0.25) is 5.02 Å². The Bertz CT molecular complexity index is 1130. The van der Waals surface area contributed by atoms with Gasteiger partial charge < -0.3 is 0 Å². The molecule has 0 aromatic heterocycles. The van der Waals surface area contributed by atoms with Crippen molar-refractivity contribution in [3.63, 3.8) is 0 Å². The summed E-state index contributed by atoms with van der Waals surface area (Å²) in [5.41, 5.74) is 1.25. The zero-order valence-corrected chi connectivity index (χ0v) is 18.1. The number of hydrogen-bond acceptors (Lipinski definition) is 2. The third-order valence-electron chi connectivity index (χ3n) is 4.80. The number of rotatable bonds is 7. The maximum absolute atomic E-state index is 14.8. The van der Waals surface area contributed by atoms with E-state index in [0.717, 1.165) is 28.1 Å².